The van der Waals surface area contributed by atoms with E-state index in [0.29, 0.717) is 29.1 Å². The summed E-state index contributed by atoms with van der Waals surface area (Å²) in [5.41, 5.74) is 8.82. The lowest BCUT2D eigenvalue weighted by Gasteiger charge is -2.21. The van der Waals surface area contributed by atoms with Gasteiger partial charge in [0.1, 0.15) is 5.82 Å². The van der Waals surface area contributed by atoms with Crippen LogP contribution in [0.5, 0.6) is 0 Å². The molecule has 1 aromatic carbocycles. The maximum atomic E-state index is 13.3. The van der Waals surface area contributed by atoms with Crippen molar-refractivity contribution >= 4 is 49.5 Å². The molecule has 158 valence electrons. The van der Waals surface area contributed by atoms with Crippen LogP contribution in [0.4, 0.5) is 5.82 Å². The first kappa shape index (κ1) is 21.0. The van der Waals surface area contributed by atoms with Crippen molar-refractivity contribution in [1.29, 1.82) is 0 Å². The van der Waals surface area contributed by atoms with Gasteiger partial charge in [0.05, 0.1) is 41.5 Å². The van der Waals surface area contributed by atoms with Gasteiger partial charge in [-0.05, 0) is 53.2 Å². The maximum absolute atomic E-state index is 13.3. The number of anilines is 1. The fourth-order valence-corrected chi connectivity index (χ4v) is 3.59. The smallest absolute Gasteiger partial charge is 0.277 e. The Morgan fingerprint density at radius 3 is 2.84 bits per heavy atom. The molecule has 0 bridgehead atoms. The number of aromatic nitrogens is 4. The molecule has 9 heteroatoms. The minimum Gasteiger partial charge on any atom is -0.383 e. The summed E-state index contributed by atoms with van der Waals surface area (Å²) in [6, 6.07) is 9.01. The number of rotatable bonds is 7. The molecule has 31 heavy (non-hydrogen) atoms. The standard InChI is InChI=1S/C22H21BrN6O2/c1-3-9-31-29(13-16-7-6-15(23)11-25-16)22(30)14-5-8-19-17(10-14)20-18(21(24)27-19)12-26-28(20)4-2/h3,5-8,10-12H,1,4,9,13H2,2H3,(H2,24,27). The Morgan fingerprint density at radius 1 is 1.29 bits per heavy atom. The molecule has 0 aliphatic heterocycles. The third-order valence-electron chi connectivity index (χ3n) is 4.82. The number of hydrogen-bond acceptors (Lipinski definition) is 6. The Bertz CT molecular complexity index is 1270. The summed E-state index contributed by atoms with van der Waals surface area (Å²) in [6.07, 6.45) is 4.97. The number of hydrogen-bond donors (Lipinski definition) is 1. The third kappa shape index (κ3) is 4.14. The van der Waals surface area contributed by atoms with Crippen LogP contribution in [0.1, 0.15) is 23.0 Å². The molecule has 8 nitrogen and oxygen atoms in total. The van der Waals surface area contributed by atoms with Gasteiger partial charge in [-0.15, -0.1) is 6.58 Å². The van der Waals surface area contributed by atoms with Crippen molar-refractivity contribution in [3.8, 4) is 0 Å². The van der Waals surface area contributed by atoms with Crippen LogP contribution >= 0.6 is 15.9 Å². The second-order valence-electron chi connectivity index (χ2n) is 6.85. The van der Waals surface area contributed by atoms with Gasteiger partial charge in [-0.25, -0.2) is 10.0 Å². The van der Waals surface area contributed by atoms with Crippen molar-refractivity contribution in [2.45, 2.75) is 20.0 Å². The quantitative estimate of drug-likeness (QED) is 0.315. The number of hydroxylamine groups is 2. The highest BCUT2D eigenvalue weighted by molar-refractivity contribution is 9.10. The zero-order chi connectivity index (χ0) is 22.0. The van der Waals surface area contributed by atoms with E-state index in [1.807, 2.05) is 23.7 Å². The van der Waals surface area contributed by atoms with Crippen molar-refractivity contribution in [1.82, 2.24) is 24.8 Å². The molecule has 0 spiro atoms. The molecule has 0 saturated heterocycles. The Kier molecular flexibility index (Phi) is 5.97. The molecule has 0 unspecified atom stereocenters. The molecule has 1 amide bonds. The number of halogens is 1. The second-order valence-corrected chi connectivity index (χ2v) is 7.76. The molecule has 0 saturated carbocycles. The molecule has 0 atom stereocenters. The van der Waals surface area contributed by atoms with E-state index in [2.05, 4.69) is 37.6 Å². The van der Waals surface area contributed by atoms with Gasteiger partial charge in [0.25, 0.3) is 5.91 Å². The topological polar surface area (TPSA) is 99.2 Å². The van der Waals surface area contributed by atoms with Crippen LogP contribution in [0.25, 0.3) is 21.8 Å². The largest absolute Gasteiger partial charge is 0.383 e. The minimum absolute atomic E-state index is 0.195. The van der Waals surface area contributed by atoms with Crippen LogP contribution in [0.15, 0.2) is 59.9 Å². The molecule has 3 heterocycles. The number of carbonyl (C=O) groups is 1. The zero-order valence-corrected chi connectivity index (χ0v) is 18.5. The van der Waals surface area contributed by atoms with E-state index in [1.54, 1.807) is 36.7 Å². The normalized spacial score (nSPS) is 11.2. The van der Waals surface area contributed by atoms with Gasteiger partial charge in [-0.3, -0.25) is 19.3 Å². The number of nitrogens with two attached hydrogens (primary N) is 1. The number of nitrogens with zero attached hydrogens (tertiary/aromatic N) is 5. The fourth-order valence-electron chi connectivity index (χ4n) is 3.35. The van der Waals surface area contributed by atoms with Crippen LogP contribution in [-0.2, 0) is 17.9 Å². The average Bonchev–Trinajstić information content (AvgIpc) is 3.22. The summed E-state index contributed by atoms with van der Waals surface area (Å²) in [7, 11) is 0. The van der Waals surface area contributed by atoms with E-state index in [9.17, 15) is 4.79 Å². The van der Waals surface area contributed by atoms with Gasteiger partial charge < -0.3 is 5.73 Å². The second kappa shape index (κ2) is 8.83. The Morgan fingerprint density at radius 2 is 2.13 bits per heavy atom. The van der Waals surface area contributed by atoms with Gasteiger partial charge in [-0.1, -0.05) is 6.08 Å². The van der Waals surface area contributed by atoms with Crippen LogP contribution < -0.4 is 5.73 Å². The van der Waals surface area contributed by atoms with Gasteiger partial charge in [0.15, 0.2) is 0 Å². The van der Waals surface area contributed by atoms with Gasteiger partial charge in [-0.2, -0.15) is 5.10 Å². The van der Waals surface area contributed by atoms with Crippen molar-refractivity contribution in [3.05, 3.63) is 71.1 Å². The molecule has 0 aliphatic rings. The monoisotopic (exact) mass is 480 g/mol. The number of amides is 1. The first-order chi connectivity index (χ1) is 15.0. The summed E-state index contributed by atoms with van der Waals surface area (Å²) >= 11 is 3.37. The van der Waals surface area contributed by atoms with Crippen molar-refractivity contribution < 1.29 is 9.63 Å². The zero-order valence-electron chi connectivity index (χ0n) is 17.0. The first-order valence-corrected chi connectivity index (χ1v) is 10.5. The summed E-state index contributed by atoms with van der Waals surface area (Å²) in [4.78, 5) is 27.8. The van der Waals surface area contributed by atoms with Gasteiger partial charge in [0, 0.05) is 28.2 Å². The number of carbonyl (C=O) groups excluding carboxylic acids is 1. The Hall–Kier alpha value is -3.30. The average molecular weight is 481 g/mol. The molecular formula is C22H21BrN6O2. The van der Waals surface area contributed by atoms with E-state index in [-0.39, 0.29) is 19.1 Å². The highest BCUT2D eigenvalue weighted by Gasteiger charge is 2.20. The molecular weight excluding hydrogens is 460 g/mol. The minimum atomic E-state index is -0.291. The van der Waals surface area contributed by atoms with Crippen LogP contribution in [0.2, 0.25) is 0 Å². The maximum Gasteiger partial charge on any atom is 0.277 e. The lowest BCUT2D eigenvalue weighted by atomic mass is 10.1. The van der Waals surface area contributed by atoms with E-state index in [0.717, 1.165) is 20.8 Å². The van der Waals surface area contributed by atoms with E-state index in [1.165, 1.54) is 5.06 Å². The van der Waals surface area contributed by atoms with Crippen LogP contribution in [-0.4, -0.2) is 37.3 Å². The van der Waals surface area contributed by atoms with Gasteiger partial charge in [0.2, 0.25) is 0 Å². The molecule has 4 aromatic rings. The van der Waals surface area contributed by atoms with Gasteiger partial charge >= 0.3 is 0 Å². The van der Waals surface area contributed by atoms with E-state index in [4.69, 9.17) is 10.6 Å². The van der Waals surface area contributed by atoms with Crippen molar-refractivity contribution in [3.63, 3.8) is 0 Å². The highest BCUT2D eigenvalue weighted by atomic mass is 79.9. The molecule has 3 aromatic heterocycles. The predicted octanol–water partition coefficient (Wildman–Crippen LogP) is 4.10. The highest BCUT2D eigenvalue weighted by Crippen LogP contribution is 2.29. The van der Waals surface area contributed by atoms with E-state index >= 15 is 0 Å². The summed E-state index contributed by atoms with van der Waals surface area (Å²) < 4.78 is 2.71. The first-order valence-electron chi connectivity index (χ1n) is 9.72. The number of nitrogen functional groups attached to an aromatic ring is 1. The lowest BCUT2D eigenvalue weighted by Crippen LogP contribution is -2.31. The summed E-state index contributed by atoms with van der Waals surface area (Å²) in [5, 5.41) is 7.25. The molecule has 0 fully saturated rings. The summed E-state index contributed by atoms with van der Waals surface area (Å²) in [5.74, 6) is 0.125. The number of fused-ring (bicyclic) bond motifs is 3. The third-order valence-corrected chi connectivity index (χ3v) is 5.29. The molecule has 2 N–H and O–H groups in total. The predicted molar refractivity (Wildman–Crippen MR) is 123 cm³/mol. The van der Waals surface area contributed by atoms with Crippen LogP contribution in [0, 0.1) is 0 Å². The number of aryl methyl sites for hydroxylation is 1. The lowest BCUT2D eigenvalue weighted by molar-refractivity contribution is -0.119. The molecule has 0 aliphatic carbocycles. The number of benzene rings is 1. The molecule has 0 radical (unpaired) electrons. The van der Waals surface area contributed by atoms with Crippen molar-refractivity contribution in [2.24, 2.45) is 0 Å². The Labute approximate surface area is 187 Å². The summed E-state index contributed by atoms with van der Waals surface area (Å²) in [6.45, 7) is 6.73. The Balaban J connectivity index is 1.75. The van der Waals surface area contributed by atoms with E-state index < -0.39 is 0 Å². The van der Waals surface area contributed by atoms with Crippen LogP contribution in [0.3, 0.4) is 0 Å². The number of pyridine rings is 2. The fraction of sp³-hybridized carbons (Fsp3) is 0.182. The SMILES string of the molecule is C=CCON(Cc1ccc(Br)cn1)C(=O)c1ccc2nc(N)c3cnn(CC)c3c2c1. The molecule has 4 rings (SSSR count). The van der Waals surface area contributed by atoms with Crippen molar-refractivity contribution in [2.75, 3.05) is 12.3 Å².